The Bertz CT molecular complexity index is 670. The molecule has 0 fully saturated rings. The number of hydrogen-bond acceptors (Lipinski definition) is 2. The van der Waals surface area contributed by atoms with E-state index in [-0.39, 0.29) is 17.9 Å². The van der Waals surface area contributed by atoms with Gasteiger partial charge in [-0.15, -0.1) is 0 Å². The van der Waals surface area contributed by atoms with Crippen molar-refractivity contribution in [1.82, 2.24) is 5.32 Å². The molecular weight excluding hydrogens is 321 g/mol. The first kappa shape index (κ1) is 18.0. The molecule has 0 unspecified atom stereocenters. The zero-order chi connectivity index (χ0) is 18.0. The highest BCUT2D eigenvalue weighted by Crippen LogP contribution is 2.32. The number of nitrogens with two attached hydrogens (primary N) is 1. The minimum atomic E-state index is -4.55. The molecule has 2 rings (SSSR count). The molecule has 0 spiro atoms. The summed E-state index contributed by atoms with van der Waals surface area (Å²) in [6, 6.07) is 4.26. The van der Waals surface area contributed by atoms with Crippen LogP contribution in [0.1, 0.15) is 37.3 Å². The number of benzene rings is 1. The molecule has 1 aromatic rings. The fourth-order valence-corrected chi connectivity index (χ4v) is 2.72. The smallest absolute Gasteiger partial charge is 0.367 e. The number of primary amides is 1. The van der Waals surface area contributed by atoms with E-state index in [1.54, 1.807) is 0 Å². The predicted octanol–water partition coefficient (Wildman–Crippen LogP) is 2.88. The van der Waals surface area contributed by atoms with Gasteiger partial charge in [-0.2, -0.15) is 13.2 Å². The van der Waals surface area contributed by atoms with E-state index in [0.717, 1.165) is 25.0 Å². The number of alkyl halides is 3. The summed E-state index contributed by atoms with van der Waals surface area (Å²) in [6.07, 6.45) is 1.23. The molecule has 7 heteroatoms. The molecule has 0 radical (unpaired) electrons. The van der Waals surface area contributed by atoms with Crippen molar-refractivity contribution in [1.29, 1.82) is 0 Å². The molecule has 3 N–H and O–H groups in total. The molecule has 0 aromatic heterocycles. The second-order valence-corrected chi connectivity index (χ2v) is 6.09. The molecule has 1 aliphatic rings. The number of rotatable bonds is 5. The Morgan fingerprint density at radius 3 is 2.50 bits per heavy atom. The summed E-state index contributed by atoms with van der Waals surface area (Å²) in [5, 5.41) is 2.50. The van der Waals surface area contributed by atoms with Crippen molar-refractivity contribution in [2.45, 2.75) is 37.9 Å². The molecule has 1 aliphatic carbocycles. The van der Waals surface area contributed by atoms with Crippen LogP contribution in [-0.2, 0) is 21.3 Å². The maximum Gasteiger partial charge on any atom is 0.416 e. The van der Waals surface area contributed by atoms with Crippen LogP contribution in [0.15, 0.2) is 36.4 Å². The molecule has 0 bridgehead atoms. The van der Waals surface area contributed by atoms with Crippen LogP contribution < -0.4 is 11.1 Å². The van der Waals surface area contributed by atoms with Crippen molar-refractivity contribution < 1.29 is 22.8 Å². The molecule has 24 heavy (non-hydrogen) atoms. The van der Waals surface area contributed by atoms with E-state index in [9.17, 15) is 22.8 Å². The molecule has 0 saturated carbocycles. The van der Waals surface area contributed by atoms with E-state index < -0.39 is 29.1 Å². The lowest BCUT2D eigenvalue weighted by Gasteiger charge is -2.29. The van der Waals surface area contributed by atoms with E-state index in [0.29, 0.717) is 0 Å². The van der Waals surface area contributed by atoms with Gasteiger partial charge in [0, 0.05) is 6.42 Å². The third-order valence-corrected chi connectivity index (χ3v) is 4.21. The number of amides is 2. The van der Waals surface area contributed by atoms with Crippen LogP contribution in [0, 0.1) is 5.92 Å². The molecule has 0 aliphatic heterocycles. The first-order valence-electron chi connectivity index (χ1n) is 7.58. The summed E-state index contributed by atoms with van der Waals surface area (Å²) in [4.78, 5) is 24.1. The van der Waals surface area contributed by atoms with Gasteiger partial charge >= 0.3 is 6.18 Å². The summed E-state index contributed by atoms with van der Waals surface area (Å²) >= 11 is 0. The van der Waals surface area contributed by atoms with Crippen LogP contribution >= 0.6 is 0 Å². The van der Waals surface area contributed by atoms with Crippen LogP contribution in [0.25, 0.3) is 0 Å². The summed E-state index contributed by atoms with van der Waals surface area (Å²) < 4.78 is 38.6. The largest absolute Gasteiger partial charge is 0.416 e. The van der Waals surface area contributed by atoms with Gasteiger partial charge < -0.3 is 11.1 Å². The van der Waals surface area contributed by atoms with E-state index in [1.807, 2.05) is 12.2 Å². The minimum absolute atomic E-state index is 0.000129. The van der Waals surface area contributed by atoms with E-state index >= 15 is 0 Å². The highest BCUT2D eigenvalue weighted by atomic mass is 19.4. The maximum atomic E-state index is 12.9. The first-order valence-corrected chi connectivity index (χ1v) is 7.58. The third kappa shape index (κ3) is 3.96. The number of nitrogens with one attached hydrogen (secondary N) is 1. The average molecular weight is 340 g/mol. The zero-order valence-corrected chi connectivity index (χ0v) is 13.2. The van der Waals surface area contributed by atoms with Gasteiger partial charge in [0.25, 0.3) is 0 Å². The molecule has 4 nitrogen and oxygen atoms in total. The molecule has 0 heterocycles. The summed E-state index contributed by atoms with van der Waals surface area (Å²) in [5.41, 5.74) is 2.76. The Morgan fingerprint density at radius 1 is 1.29 bits per heavy atom. The first-order chi connectivity index (χ1) is 11.1. The van der Waals surface area contributed by atoms with Gasteiger partial charge in [0.2, 0.25) is 11.8 Å². The van der Waals surface area contributed by atoms with Crippen LogP contribution in [0.3, 0.4) is 0 Å². The van der Waals surface area contributed by atoms with Gasteiger partial charge in [-0.25, -0.2) is 0 Å². The fourth-order valence-electron chi connectivity index (χ4n) is 2.72. The fraction of sp³-hybridized carbons (Fsp3) is 0.412. The summed E-state index contributed by atoms with van der Waals surface area (Å²) in [6.45, 7) is 1.31. The minimum Gasteiger partial charge on any atom is -0.367 e. The number of halogens is 3. The van der Waals surface area contributed by atoms with E-state index in [1.165, 1.54) is 19.1 Å². The maximum absolute atomic E-state index is 12.9. The van der Waals surface area contributed by atoms with Crippen LogP contribution in [0.5, 0.6) is 0 Å². The standard InChI is InChI=1S/C17H19F3N2O2/c1-16(15(21)24,22-14(23)9-11-5-2-3-6-11)12-7-4-8-13(10-12)17(18,19)20/h2,4-5,7-8,10-11H,3,6,9H2,1H3,(H2,21,24)(H,22,23)/t11-,16+/m0/s1. The van der Waals surface area contributed by atoms with Gasteiger partial charge in [-0.3, -0.25) is 9.59 Å². The second-order valence-electron chi connectivity index (χ2n) is 6.09. The normalized spacial score (nSPS) is 19.8. The van der Waals surface area contributed by atoms with Crippen molar-refractivity contribution in [3.63, 3.8) is 0 Å². The highest BCUT2D eigenvalue weighted by molar-refractivity contribution is 5.91. The Labute approximate surface area is 137 Å². The quantitative estimate of drug-likeness (QED) is 0.809. The van der Waals surface area contributed by atoms with Gasteiger partial charge in [-0.1, -0.05) is 24.3 Å². The molecule has 0 saturated heterocycles. The predicted molar refractivity (Wildman–Crippen MR) is 82.6 cm³/mol. The van der Waals surface area contributed by atoms with Gasteiger partial charge in [0.1, 0.15) is 5.54 Å². The van der Waals surface area contributed by atoms with Crippen molar-refractivity contribution in [3.8, 4) is 0 Å². The highest BCUT2D eigenvalue weighted by Gasteiger charge is 2.38. The number of carbonyl (C=O) groups excluding carboxylic acids is 2. The Kier molecular flexibility index (Phi) is 5.01. The van der Waals surface area contributed by atoms with Gasteiger partial charge in [-0.05, 0) is 43.4 Å². The van der Waals surface area contributed by atoms with E-state index in [2.05, 4.69) is 5.32 Å². The summed E-state index contributed by atoms with van der Waals surface area (Å²) in [7, 11) is 0. The lowest BCUT2D eigenvalue weighted by atomic mass is 9.89. The lowest BCUT2D eigenvalue weighted by Crippen LogP contribution is -2.53. The Hall–Kier alpha value is -2.31. The van der Waals surface area contributed by atoms with Gasteiger partial charge in [0.15, 0.2) is 0 Å². The van der Waals surface area contributed by atoms with Crippen LogP contribution in [0.2, 0.25) is 0 Å². The number of carbonyl (C=O) groups is 2. The molecule has 130 valence electrons. The monoisotopic (exact) mass is 340 g/mol. The summed E-state index contributed by atoms with van der Waals surface area (Å²) in [5.74, 6) is -1.27. The molecule has 2 amide bonds. The van der Waals surface area contributed by atoms with Crippen molar-refractivity contribution in [3.05, 3.63) is 47.5 Å². The van der Waals surface area contributed by atoms with E-state index in [4.69, 9.17) is 5.73 Å². The van der Waals surface area contributed by atoms with Crippen LogP contribution in [0.4, 0.5) is 13.2 Å². The van der Waals surface area contributed by atoms with Crippen molar-refractivity contribution >= 4 is 11.8 Å². The zero-order valence-electron chi connectivity index (χ0n) is 13.2. The SMILES string of the molecule is C[C@](NC(=O)C[C@H]1C=CCC1)(C(N)=O)c1cccc(C(F)(F)F)c1. The topological polar surface area (TPSA) is 72.2 Å². The van der Waals surface area contributed by atoms with Crippen molar-refractivity contribution in [2.24, 2.45) is 11.7 Å². The molecule has 1 aromatic carbocycles. The number of hydrogen-bond donors (Lipinski definition) is 2. The average Bonchev–Trinajstić information content (AvgIpc) is 2.98. The van der Waals surface area contributed by atoms with Crippen LogP contribution in [-0.4, -0.2) is 11.8 Å². The van der Waals surface area contributed by atoms with Gasteiger partial charge in [0.05, 0.1) is 5.56 Å². The lowest BCUT2D eigenvalue weighted by molar-refractivity contribution is -0.138. The van der Waals surface area contributed by atoms with Crippen molar-refractivity contribution in [2.75, 3.05) is 0 Å². The molecule has 2 atom stereocenters. The second kappa shape index (κ2) is 6.67. The molecular formula is C17H19F3N2O2. The number of allylic oxidation sites excluding steroid dienone is 2. The Morgan fingerprint density at radius 2 is 1.96 bits per heavy atom. The Balaban J connectivity index is 2.25. The third-order valence-electron chi connectivity index (χ3n) is 4.21.